The van der Waals surface area contributed by atoms with Gasteiger partial charge in [0.1, 0.15) is 5.82 Å². The van der Waals surface area contributed by atoms with Crippen molar-refractivity contribution in [3.8, 4) is 11.4 Å². The van der Waals surface area contributed by atoms with Crippen molar-refractivity contribution in [2.45, 2.75) is 46.0 Å². The second kappa shape index (κ2) is 5.19. The first kappa shape index (κ1) is 13.0. The minimum absolute atomic E-state index is 0.652. The minimum atomic E-state index is 0.652. The Morgan fingerprint density at radius 1 is 0.900 bits per heavy atom. The van der Waals surface area contributed by atoms with Crippen LogP contribution in [0, 0.1) is 13.8 Å². The van der Waals surface area contributed by atoms with Crippen LogP contribution in [-0.2, 0) is 12.8 Å². The molecule has 1 aliphatic carbocycles. The average molecular weight is 268 g/mol. The van der Waals surface area contributed by atoms with E-state index in [1.807, 2.05) is 26.0 Å². The summed E-state index contributed by atoms with van der Waals surface area (Å²) in [6.07, 6.45) is 5.65. The maximum absolute atomic E-state index is 6.16. The molecule has 2 aromatic heterocycles. The number of anilines is 1. The summed E-state index contributed by atoms with van der Waals surface area (Å²) < 4.78 is 0. The summed E-state index contributed by atoms with van der Waals surface area (Å²) in [7, 11) is 0. The number of rotatable bonds is 1. The van der Waals surface area contributed by atoms with Crippen molar-refractivity contribution in [2.24, 2.45) is 0 Å². The molecular weight excluding hydrogens is 248 g/mol. The van der Waals surface area contributed by atoms with Gasteiger partial charge in [-0.05, 0) is 51.7 Å². The van der Waals surface area contributed by atoms with Crippen molar-refractivity contribution >= 4 is 5.82 Å². The van der Waals surface area contributed by atoms with Crippen LogP contribution in [0.5, 0.6) is 0 Å². The van der Waals surface area contributed by atoms with Crippen LogP contribution in [0.2, 0.25) is 0 Å². The van der Waals surface area contributed by atoms with E-state index < -0.39 is 0 Å². The smallest absolute Gasteiger partial charge is 0.161 e. The maximum Gasteiger partial charge on any atom is 0.161 e. The van der Waals surface area contributed by atoms with Crippen molar-refractivity contribution in [1.82, 2.24) is 15.0 Å². The molecule has 20 heavy (non-hydrogen) atoms. The summed E-state index contributed by atoms with van der Waals surface area (Å²) in [6, 6.07) is 4.04. The summed E-state index contributed by atoms with van der Waals surface area (Å²) in [5.74, 6) is 1.38. The molecule has 0 spiro atoms. The maximum atomic E-state index is 6.16. The molecule has 104 valence electrons. The molecule has 0 aliphatic heterocycles. The van der Waals surface area contributed by atoms with E-state index in [0.717, 1.165) is 46.9 Å². The Morgan fingerprint density at radius 2 is 1.60 bits per heavy atom. The Bertz CT molecular complexity index is 629. The summed E-state index contributed by atoms with van der Waals surface area (Å²) >= 11 is 0. The monoisotopic (exact) mass is 268 g/mol. The normalized spacial score (nSPS) is 14.7. The van der Waals surface area contributed by atoms with Gasteiger partial charge in [0.15, 0.2) is 5.82 Å². The highest BCUT2D eigenvalue weighted by Crippen LogP contribution is 2.26. The third-order valence-corrected chi connectivity index (χ3v) is 3.80. The van der Waals surface area contributed by atoms with E-state index >= 15 is 0 Å². The third kappa shape index (κ3) is 2.50. The SMILES string of the molecule is Cc1cc(-c2nc(N)c3c(n2)CCCCC3)cc(C)n1. The summed E-state index contributed by atoms with van der Waals surface area (Å²) in [6.45, 7) is 3.98. The van der Waals surface area contributed by atoms with Crippen LogP contribution >= 0.6 is 0 Å². The molecular formula is C16H20N4. The predicted molar refractivity (Wildman–Crippen MR) is 80.4 cm³/mol. The molecule has 0 saturated carbocycles. The molecule has 0 bridgehead atoms. The van der Waals surface area contributed by atoms with E-state index in [-0.39, 0.29) is 0 Å². The van der Waals surface area contributed by atoms with Gasteiger partial charge in [-0.15, -0.1) is 0 Å². The number of hydrogen-bond donors (Lipinski definition) is 1. The Morgan fingerprint density at radius 3 is 2.35 bits per heavy atom. The summed E-state index contributed by atoms with van der Waals surface area (Å²) in [4.78, 5) is 13.7. The van der Waals surface area contributed by atoms with Crippen molar-refractivity contribution in [1.29, 1.82) is 0 Å². The van der Waals surface area contributed by atoms with Crippen LogP contribution in [0.4, 0.5) is 5.82 Å². The Labute approximate surface area is 119 Å². The van der Waals surface area contributed by atoms with Gasteiger partial charge in [-0.25, -0.2) is 9.97 Å². The fraction of sp³-hybridized carbons (Fsp3) is 0.438. The number of hydrogen-bond acceptors (Lipinski definition) is 4. The van der Waals surface area contributed by atoms with Gasteiger partial charge in [-0.1, -0.05) is 6.42 Å². The molecule has 4 nitrogen and oxygen atoms in total. The quantitative estimate of drug-likeness (QED) is 0.807. The van der Waals surface area contributed by atoms with Crippen LogP contribution in [0.25, 0.3) is 11.4 Å². The fourth-order valence-electron chi connectivity index (χ4n) is 2.89. The van der Waals surface area contributed by atoms with E-state index in [2.05, 4.69) is 9.97 Å². The zero-order valence-electron chi connectivity index (χ0n) is 12.1. The Kier molecular flexibility index (Phi) is 3.38. The second-order valence-electron chi connectivity index (χ2n) is 5.56. The minimum Gasteiger partial charge on any atom is -0.383 e. The van der Waals surface area contributed by atoms with E-state index in [1.165, 1.54) is 19.3 Å². The fourth-order valence-corrected chi connectivity index (χ4v) is 2.89. The molecule has 0 saturated heterocycles. The molecule has 0 aromatic carbocycles. The molecule has 0 radical (unpaired) electrons. The standard InChI is InChI=1S/C16H20N4/c1-10-8-12(9-11(2)18-10)16-19-14-7-5-3-4-6-13(14)15(17)20-16/h8-9H,3-7H2,1-2H3,(H2,17,19,20). The van der Waals surface area contributed by atoms with Crippen molar-refractivity contribution in [3.63, 3.8) is 0 Å². The highest BCUT2D eigenvalue weighted by Gasteiger charge is 2.16. The van der Waals surface area contributed by atoms with E-state index in [0.29, 0.717) is 5.82 Å². The average Bonchev–Trinajstić information content (AvgIpc) is 2.63. The van der Waals surface area contributed by atoms with Gasteiger partial charge in [-0.2, -0.15) is 0 Å². The first-order valence-electron chi connectivity index (χ1n) is 7.24. The molecule has 4 heteroatoms. The van der Waals surface area contributed by atoms with E-state index in [9.17, 15) is 0 Å². The molecule has 0 fully saturated rings. The first-order valence-corrected chi connectivity index (χ1v) is 7.24. The van der Waals surface area contributed by atoms with Crippen molar-refractivity contribution in [3.05, 3.63) is 34.8 Å². The van der Waals surface area contributed by atoms with Gasteiger partial charge in [0, 0.05) is 28.2 Å². The molecule has 1 aliphatic rings. The first-order chi connectivity index (χ1) is 9.63. The largest absolute Gasteiger partial charge is 0.383 e. The molecule has 0 unspecified atom stereocenters. The van der Waals surface area contributed by atoms with Gasteiger partial charge in [0.2, 0.25) is 0 Å². The number of nitrogen functional groups attached to an aromatic ring is 1. The van der Waals surface area contributed by atoms with Gasteiger partial charge in [0.25, 0.3) is 0 Å². The Balaban J connectivity index is 2.10. The summed E-state index contributed by atoms with van der Waals surface area (Å²) in [5.41, 5.74) is 11.4. The van der Waals surface area contributed by atoms with Crippen LogP contribution in [-0.4, -0.2) is 15.0 Å². The lowest BCUT2D eigenvalue weighted by Gasteiger charge is -2.11. The van der Waals surface area contributed by atoms with Crippen molar-refractivity contribution in [2.75, 3.05) is 5.73 Å². The molecule has 2 aromatic rings. The molecule has 3 rings (SSSR count). The van der Waals surface area contributed by atoms with Gasteiger partial charge in [-0.3, -0.25) is 4.98 Å². The van der Waals surface area contributed by atoms with Crippen LogP contribution in [0.1, 0.15) is 41.9 Å². The van der Waals surface area contributed by atoms with Gasteiger partial charge in [0.05, 0.1) is 0 Å². The van der Waals surface area contributed by atoms with Gasteiger partial charge >= 0.3 is 0 Å². The highest BCUT2D eigenvalue weighted by molar-refractivity contribution is 5.59. The van der Waals surface area contributed by atoms with Gasteiger partial charge < -0.3 is 5.73 Å². The number of fused-ring (bicyclic) bond motifs is 1. The molecule has 0 atom stereocenters. The van der Waals surface area contributed by atoms with Crippen LogP contribution < -0.4 is 5.73 Å². The molecule has 0 amide bonds. The van der Waals surface area contributed by atoms with E-state index in [4.69, 9.17) is 10.7 Å². The topological polar surface area (TPSA) is 64.7 Å². The number of aryl methyl sites for hydroxylation is 3. The Hall–Kier alpha value is -1.97. The number of aromatic nitrogens is 3. The lowest BCUT2D eigenvalue weighted by Crippen LogP contribution is -2.06. The van der Waals surface area contributed by atoms with Crippen LogP contribution in [0.3, 0.4) is 0 Å². The summed E-state index contributed by atoms with van der Waals surface area (Å²) in [5, 5.41) is 0. The zero-order chi connectivity index (χ0) is 14.1. The molecule has 2 heterocycles. The highest BCUT2D eigenvalue weighted by atomic mass is 15.0. The number of nitrogens with two attached hydrogens (primary N) is 1. The lowest BCUT2D eigenvalue weighted by atomic mass is 10.1. The lowest BCUT2D eigenvalue weighted by molar-refractivity contribution is 0.709. The number of pyridine rings is 1. The second-order valence-corrected chi connectivity index (χ2v) is 5.56. The molecule has 2 N–H and O–H groups in total. The zero-order valence-corrected chi connectivity index (χ0v) is 12.1. The third-order valence-electron chi connectivity index (χ3n) is 3.80. The number of nitrogens with zero attached hydrogens (tertiary/aromatic N) is 3. The van der Waals surface area contributed by atoms with Crippen molar-refractivity contribution < 1.29 is 0 Å². The van der Waals surface area contributed by atoms with E-state index in [1.54, 1.807) is 0 Å². The van der Waals surface area contributed by atoms with Crippen LogP contribution in [0.15, 0.2) is 12.1 Å². The predicted octanol–water partition coefficient (Wildman–Crippen LogP) is 3.01.